The molecule has 1 heterocycles. The molecule has 7 nitrogen and oxygen atoms in total. The Hall–Kier alpha value is -1.86. The van der Waals surface area contributed by atoms with Gasteiger partial charge in [0.15, 0.2) is 5.75 Å². The average Bonchev–Trinajstić information content (AvgIpc) is 2.41. The molecule has 0 saturated heterocycles. The van der Waals surface area contributed by atoms with E-state index in [9.17, 15) is 24.9 Å². The second-order valence-corrected chi connectivity index (χ2v) is 5.20. The van der Waals surface area contributed by atoms with Gasteiger partial charge in [-0.25, -0.2) is 4.79 Å². The summed E-state index contributed by atoms with van der Waals surface area (Å²) in [5.74, 6) is -1.53. The van der Waals surface area contributed by atoms with Gasteiger partial charge in [0.05, 0.1) is 12.3 Å². The van der Waals surface area contributed by atoms with Gasteiger partial charge in [-0.3, -0.25) is 4.79 Å². The summed E-state index contributed by atoms with van der Waals surface area (Å²) in [5.41, 5.74) is -0.222. The summed E-state index contributed by atoms with van der Waals surface area (Å²) >= 11 is 0. The molecular weight excluding hydrogens is 276 g/mol. The number of carbonyl (C=O) groups is 1. The van der Waals surface area contributed by atoms with Crippen LogP contribution in [0.3, 0.4) is 0 Å². The van der Waals surface area contributed by atoms with Gasteiger partial charge < -0.3 is 24.8 Å². The molecule has 0 radical (unpaired) electrons. The summed E-state index contributed by atoms with van der Waals surface area (Å²) in [6.45, 7) is 1.58. The Labute approximate surface area is 123 Å². The van der Waals surface area contributed by atoms with E-state index in [1.807, 2.05) is 6.92 Å². The first-order chi connectivity index (χ1) is 9.83. The minimum absolute atomic E-state index is 0.190. The summed E-state index contributed by atoms with van der Waals surface area (Å²) in [5, 5.41) is 28.9. The van der Waals surface area contributed by atoms with Gasteiger partial charge in [0.2, 0.25) is 5.43 Å². The lowest BCUT2D eigenvalue weighted by atomic mass is 10.1. The number of aromatic nitrogens is 1. The van der Waals surface area contributed by atoms with Crippen molar-refractivity contribution in [3.05, 3.63) is 27.7 Å². The molecule has 1 aromatic rings. The first-order valence-corrected chi connectivity index (χ1v) is 6.78. The molecule has 0 bridgehead atoms. The van der Waals surface area contributed by atoms with E-state index in [0.29, 0.717) is 12.8 Å². The highest BCUT2D eigenvalue weighted by atomic mass is 16.4. The maximum atomic E-state index is 11.8. The van der Waals surface area contributed by atoms with Crippen molar-refractivity contribution in [1.29, 1.82) is 0 Å². The van der Waals surface area contributed by atoms with Crippen LogP contribution in [0.15, 0.2) is 10.9 Å². The number of nitrogens with zero attached hydrogens (tertiary/aromatic N) is 2. The molecule has 7 heteroatoms. The predicted molar refractivity (Wildman–Crippen MR) is 77.3 cm³/mol. The Balaban J connectivity index is 3.61. The van der Waals surface area contributed by atoms with E-state index < -0.39 is 29.8 Å². The predicted octanol–water partition coefficient (Wildman–Crippen LogP) is 0.534. The monoisotopic (exact) mass is 298 g/mol. The number of aliphatic hydroxyl groups excluding tert-OH is 1. The van der Waals surface area contributed by atoms with Crippen molar-refractivity contribution in [2.24, 2.45) is 0 Å². The first kappa shape index (κ1) is 17.2. The third kappa shape index (κ3) is 3.83. The fourth-order valence-electron chi connectivity index (χ4n) is 2.32. The van der Waals surface area contributed by atoms with Crippen LogP contribution in [0.1, 0.15) is 37.2 Å². The van der Waals surface area contributed by atoms with E-state index >= 15 is 0 Å². The number of hydrogen-bond donors (Lipinski definition) is 3. The third-order valence-corrected chi connectivity index (χ3v) is 3.19. The van der Waals surface area contributed by atoms with Crippen LogP contribution >= 0.6 is 0 Å². The highest BCUT2D eigenvalue weighted by Crippen LogP contribution is 2.24. The molecule has 0 aliphatic rings. The smallest absolute Gasteiger partial charge is 0.326 e. The molecule has 0 amide bonds. The molecule has 1 aromatic heterocycles. The maximum absolute atomic E-state index is 11.8. The van der Waals surface area contributed by atoms with E-state index in [-0.39, 0.29) is 17.9 Å². The molecule has 0 aromatic carbocycles. The van der Waals surface area contributed by atoms with Crippen LogP contribution in [0.4, 0.5) is 0 Å². The molecular formula is C14H22N2O5. The standard InChI is InChI=1S/C14H22N2O5/c1-4-5-10(14(20)21)16-9(8-17)6-12(18)13(19)11(16)7-15(2)3/h6,10,17,19H,4-5,7-8H2,1-3H3,(H,20,21). The topological polar surface area (TPSA) is 103 Å². The van der Waals surface area contributed by atoms with Gasteiger partial charge in [-0.1, -0.05) is 13.3 Å². The second kappa shape index (κ2) is 7.24. The van der Waals surface area contributed by atoms with Crippen LogP contribution in [-0.4, -0.2) is 44.9 Å². The number of aliphatic carboxylic acids is 1. The SMILES string of the molecule is CCCC(C(=O)O)n1c(CO)cc(=O)c(O)c1CN(C)C. The van der Waals surface area contributed by atoms with E-state index in [1.165, 1.54) is 4.57 Å². The minimum Gasteiger partial charge on any atom is -0.503 e. The van der Waals surface area contributed by atoms with Crippen molar-refractivity contribution >= 4 is 5.97 Å². The minimum atomic E-state index is -1.06. The van der Waals surface area contributed by atoms with Gasteiger partial charge in [-0.2, -0.15) is 0 Å². The van der Waals surface area contributed by atoms with Crippen LogP contribution in [-0.2, 0) is 17.9 Å². The second-order valence-electron chi connectivity index (χ2n) is 5.20. The van der Waals surface area contributed by atoms with E-state index in [2.05, 4.69) is 0 Å². The Morgan fingerprint density at radius 2 is 2.05 bits per heavy atom. The molecule has 1 unspecified atom stereocenters. The van der Waals surface area contributed by atoms with Crippen molar-refractivity contribution in [3.63, 3.8) is 0 Å². The Morgan fingerprint density at radius 1 is 1.43 bits per heavy atom. The molecule has 0 spiro atoms. The zero-order chi connectivity index (χ0) is 16.2. The quantitative estimate of drug-likeness (QED) is 0.678. The Bertz CT molecular complexity index is 565. The fourth-order valence-corrected chi connectivity index (χ4v) is 2.32. The summed E-state index contributed by atoms with van der Waals surface area (Å²) in [6, 6.07) is 0.152. The highest BCUT2D eigenvalue weighted by molar-refractivity contribution is 5.72. The molecule has 118 valence electrons. The number of aliphatic hydroxyl groups is 1. The van der Waals surface area contributed by atoms with Gasteiger partial charge in [0.1, 0.15) is 6.04 Å². The van der Waals surface area contributed by atoms with Crippen LogP contribution in [0.5, 0.6) is 5.75 Å². The highest BCUT2D eigenvalue weighted by Gasteiger charge is 2.26. The first-order valence-electron chi connectivity index (χ1n) is 6.78. The average molecular weight is 298 g/mol. The molecule has 1 atom stereocenters. The van der Waals surface area contributed by atoms with Gasteiger partial charge in [-0.15, -0.1) is 0 Å². The van der Waals surface area contributed by atoms with Gasteiger partial charge in [0, 0.05) is 18.3 Å². The molecule has 0 aliphatic carbocycles. The number of carboxylic acids is 1. The van der Waals surface area contributed by atoms with Crippen molar-refractivity contribution in [3.8, 4) is 5.75 Å². The molecule has 0 aliphatic heterocycles. The molecule has 21 heavy (non-hydrogen) atoms. The largest absolute Gasteiger partial charge is 0.503 e. The number of carboxylic acid groups (broad SMARTS) is 1. The summed E-state index contributed by atoms with van der Waals surface area (Å²) < 4.78 is 1.36. The Morgan fingerprint density at radius 3 is 2.48 bits per heavy atom. The molecule has 3 N–H and O–H groups in total. The van der Waals surface area contributed by atoms with Gasteiger partial charge >= 0.3 is 5.97 Å². The zero-order valence-corrected chi connectivity index (χ0v) is 12.5. The maximum Gasteiger partial charge on any atom is 0.326 e. The lowest BCUT2D eigenvalue weighted by molar-refractivity contribution is -0.141. The fraction of sp³-hybridized carbons (Fsp3) is 0.571. The van der Waals surface area contributed by atoms with E-state index in [0.717, 1.165) is 6.07 Å². The van der Waals surface area contributed by atoms with Crippen molar-refractivity contribution in [1.82, 2.24) is 9.47 Å². The van der Waals surface area contributed by atoms with Crippen molar-refractivity contribution < 1.29 is 20.1 Å². The zero-order valence-electron chi connectivity index (χ0n) is 12.5. The van der Waals surface area contributed by atoms with Crippen LogP contribution in [0.2, 0.25) is 0 Å². The molecule has 0 fully saturated rings. The van der Waals surface area contributed by atoms with Gasteiger partial charge in [-0.05, 0) is 20.5 Å². The summed E-state index contributed by atoms with van der Waals surface area (Å²) in [7, 11) is 3.49. The normalized spacial score (nSPS) is 12.6. The van der Waals surface area contributed by atoms with Crippen molar-refractivity contribution in [2.45, 2.75) is 39.0 Å². The summed E-state index contributed by atoms with van der Waals surface area (Å²) in [6.07, 6.45) is 0.960. The lowest BCUT2D eigenvalue weighted by Crippen LogP contribution is -2.29. The van der Waals surface area contributed by atoms with Crippen LogP contribution in [0.25, 0.3) is 0 Å². The van der Waals surface area contributed by atoms with E-state index in [4.69, 9.17) is 0 Å². The summed E-state index contributed by atoms with van der Waals surface area (Å²) in [4.78, 5) is 25.0. The Kier molecular flexibility index (Phi) is 5.92. The van der Waals surface area contributed by atoms with E-state index in [1.54, 1.807) is 19.0 Å². The number of aromatic hydroxyl groups is 1. The third-order valence-electron chi connectivity index (χ3n) is 3.19. The number of rotatable bonds is 7. The molecule has 1 rings (SSSR count). The van der Waals surface area contributed by atoms with Crippen LogP contribution < -0.4 is 5.43 Å². The van der Waals surface area contributed by atoms with Crippen LogP contribution in [0, 0.1) is 0 Å². The van der Waals surface area contributed by atoms with Crippen molar-refractivity contribution in [2.75, 3.05) is 14.1 Å². The lowest BCUT2D eigenvalue weighted by Gasteiger charge is -2.25. The molecule has 0 saturated carbocycles. The number of pyridine rings is 1. The van der Waals surface area contributed by atoms with Gasteiger partial charge in [0.25, 0.3) is 0 Å². The number of hydrogen-bond acceptors (Lipinski definition) is 5.